The Hall–Kier alpha value is -3.63. The molecular formula is C14H12FN7O3. The number of carbonyl (C=O) groups excluding carboxylic acids is 1. The number of amides is 1. The summed E-state index contributed by atoms with van der Waals surface area (Å²) in [4.78, 5) is 25.8. The molecule has 0 aliphatic carbocycles. The van der Waals surface area contributed by atoms with Crippen molar-refractivity contribution in [1.82, 2.24) is 24.5 Å². The van der Waals surface area contributed by atoms with Gasteiger partial charge in [0.1, 0.15) is 31.1 Å². The highest BCUT2D eigenvalue weighted by Crippen LogP contribution is 2.09. The zero-order valence-electron chi connectivity index (χ0n) is 12.7. The van der Waals surface area contributed by atoms with Crippen molar-refractivity contribution < 1.29 is 14.1 Å². The van der Waals surface area contributed by atoms with Gasteiger partial charge in [-0.25, -0.2) is 14.1 Å². The molecule has 0 aliphatic heterocycles. The Morgan fingerprint density at radius 2 is 2.12 bits per heavy atom. The van der Waals surface area contributed by atoms with E-state index >= 15 is 0 Å². The Kier molecular flexibility index (Phi) is 4.46. The number of aromatic nitrogens is 5. The van der Waals surface area contributed by atoms with Crippen LogP contribution < -0.4 is 5.32 Å². The molecule has 0 bridgehead atoms. The smallest absolute Gasteiger partial charge is 0.292 e. The summed E-state index contributed by atoms with van der Waals surface area (Å²) in [6.07, 6.45) is 3.55. The van der Waals surface area contributed by atoms with Crippen molar-refractivity contribution in [2.24, 2.45) is 0 Å². The minimum absolute atomic E-state index is 0.0444. The minimum atomic E-state index is -0.604. The predicted octanol–water partition coefficient (Wildman–Crippen LogP) is 1.21. The van der Waals surface area contributed by atoms with Crippen molar-refractivity contribution in [3.8, 4) is 0 Å². The fraction of sp³-hybridized carbons (Fsp3) is 0.143. The minimum Gasteiger partial charge on any atom is -0.292 e. The molecule has 2 aromatic heterocycles. The van der Waals surface area contributed by atoms with E-state index in [1.165, 1.54) is 17.1 Å². The van der Waals surface area contributed by atoms with Crippen molar-refractivity contribution in [2.45, 2.75) is 13.1 Å². The number of hydrogen-bond acceptors (Lipinski definition) is 6. The monoisotopic (exact) mass is 345 g/mol. The number of halogens is 1. The summed E-state index contributed by atoms with van der Waals surface area (Å²) in [6.45, 7) is -0.0589. The molecule has 10 nitrogen and oxygen atoms in total. The van der Waals surface area contributed by atoms with Gasteiger partial charge in [0, 0.05) is 5.56 Å². The van der Waals surface area contributed by atoms with Gasteiger partial charge in [0.15, 0.2) is 0 Å². The third-order valence-corrected chi connectivity index (χ3v) is 3.21. The van der Waals surface area contributed by atoms with E-state index in [2.05, 4.69) is 20.5 Å². The second-order valence-corrected chi connectivity index (χ2v) is 5.06. The SMILES string of the molecule is O=C(Cn1cc([N+](=O)[O-])cn1)Nc1ncn(Cc2ccccc2F)n1. The molecule has 25 heavy (non-hydrogen) atoms. The lowest BCUT2D eigenvalue weighted by molar-refractivity contribution is -0.385. The van der Waals surface area contributed by atoms with E-state index in [1.807, 2.05) is 0 Å². The molecule has 1 N–H and O–H groups in total. The van der Waals surface area contributed by atoms with Crippen LogP contribution in [0.25, 0.3) is 0 Å². The first-order valence-corrected chi connectivity index (χ1v) is 7.11. The molecule has 0 atom stereocenters. The lowest BCUT2D eigenvalue weighted by Gasteiger charge is -2.02. The van der Waals surface area contributed by atoms with Gasteiger partial charge in [0.2, 0.25) is 11.9 Å². The Bertz CT molecular complexity index is 921. The molecular weight excluding hydrogens is 333 g/mol. The average molecular weight is 345 g/mol. The first-order valence-electron chi connectivity index (χ1n) is 7.11. The summed E-state index contributed by atoms with van der Waals surface area (Å²) in [5.41, 5.74) is 0.231. The molecule has 1 aromatic carbocycles. The Labute approximate surface area is 140 Å². The summed E-state index contributed by atoms with van der Waals surface area (Å²) in [5.74, 6) is -0.812. The molecule has 0 saturated heterocycles. The summed E-state index contributed by atoms with van der Waals surface area (Å²) >= 11 is 0. The van der Waals surface area contributed by atoms with Crippen LogP contribution in [0.3, 0.4) is 0 Å². The third-order valence-electron chi connectivity index (χ3n) is 3.21. The van der Waals surface area contributed by atoms with Crippen LogP contribution >= 0.6 is 0 Å². The highest BCUT2D eigenvalue weighted by molar-refractivity contribution is 5.88. The molecule has 0 fully saturated rings. The van der Waals surface area contributed by atoms with Crippen molar-refractivity contribution in [3.05, 3.63) is 64.5 Å². The number of anilines is 1. The fourth-order valence-electron chi connectivity index (χ4n) is 2.07. The molecule has 0 aliphatic rings. The van der Waals surface area contributed by atoms with Crippen LogP contribution in [0.15, 0.2) is 43.0 Å². The van der Waals surface area contributed by atoms with Crippen LogP contribution in [0.1, 0.15) is 5.56 Å². The van der Waals surface area contributed by atoms with E-state index in [0.29, 0.717) is 5.56 Å². The number of hydrogen-bond donors (Lipinski definition) is 1. The molecule has 1 amide bonds. The standard InChI is InChI=1S/C14H12FN7O3/c15-12-4-2-1-3-10(12)6-21-9-16-14(19-21)18-13(23)8-20-7-11(5-17-20)22(24)25/h1-5,7,9H,6,8H2,(H,18,19,23). The molecule has 3 aromatic rings. The van der Waals surface area contributed by atoms with Crippen molar-refractivity contribution >= 4 is 17.5 Å². The maximum Gasteiger partial charge on any atom is 0.307 e. The highest BCUT2D eigenvalue weighted by atomic mass is 19.1. The molecule has 0 unspecified atom stereocenters. The Morgan fingerprint density at radius 3 is 2.84 bits per heavy atom. The van der Waals surface area contributed by atoms with Crippen LogP contribution in [0, 0.1) is 15.9 Å². The van der Waals surface area contributed by atoms with Crippen molar-refractivity contribution in [3.63, 3.8) is 0 Å². The van der Waals surface area contributed by atoms with Crippen LogP contribution in [0.2, 0.25) is 0 Å². The van der Waals surface area contributed by atoms with Gasteiger partial charge in [0.25, 0.3) is 0 Å². The second-order valence-electron chi connectivity index (χ2n) is 5.06. The molecule has 2 heterocycles. The van der Waals surface area contributed by atoms with E-state index in [4.69, 9.17) is 0 Å². The first kappa shape index (κ1) is 16.2. The van der Waals surface area contributed by atoms with Crippen molar-refractivity contribution in [1.29, 1.82) is 0 Å². The quantitative estimate of drug-likeness (QED) is 0.529. The molecule has 128 valence electrons. The van der Waals surface area contributed by atoms with Gasteiger partial charge in [-0.2, -0.15) is 5.10 Å². The number of nitro groups is 1. The number of rotatable bonds is 6. The highest BCUT2D eigenvalue weighted by Gasteiger charge is 2.13. The van der Waals surface area contributed by atoms with Crippen LogP contribution in [-0.2, 0) is 17.9 Å². The molecule has 3 rings (SSSR count). The van der Waals surface area contributed by atoms with Gasteiger partial charge < -0.3 is 0 Å². The second kappa shape index (κ2) is 6.86. The first-order chi connectivity index (χ1) is 12.0. The lowest BCUT2D eigenvalue weighted by Crippen LogP contribution is -2.20. The van der Waals surface area contributed by atoms with Gasteiger partial charge in [-0.3, -0.25) is 24.9 Å². The number of nitrogens with zero attached hydrogens (tertiary/aromatic N) is 6. The van der Waals surface area contributed by atoms with Crippen molar-refractivity contribution in [2.75, 3.05) is 5.32 Å². The van der Waals surface area contributed by atoms with Crippen LogP contribution in [0.4, 0.5) is 16.0 Å². The zero-order valence-corrected chi connectivity index (χ0v) is 12.7. The molecule has 0 radical (unpaired) electrons. The maximum absolute atomic E-state index is 13.6. The molecule has 11 heteroatoms. The average Bonchev–Trinajstić information content (AvgIpc) is 3.19. The van der Waals surface area contributed by atoms with E-state index in [-0.39, 0.29) is 30.5 Å². The molecule has 0 saturated carbocycles. The summed E-state index contributed by atoms with van der Waals surface area (Å²) in [6, 6.07) is 6.27. The van der Waals surface area contributed by atoms with Gasteiger partial charge in [-0.1, -0.05) is 18.2 Å². The zero-order chi connectivity index (χ0) is 17.8. The third kappa shape index (κ3) is 4.02. The Morgan fingerprint density at radius 1 is 1.32 bits per heavy atom. The maximum atomic E-state index is 13.6. The summed E-state index contributed by atoms with van der Waals surface area (Å²) in [5, 5.41) is 20.8. The van der Waals surface area contributed by atoms with E-state index in [1.54, 1.807) is 18.2 Å². The van der Waals surface area contributed by atoms with E-state index in [9.17, 15) is 19.3 Å². The van der Waals surface area contributed by atoms with Gasteiger partial charge >= 0.3 is 5.69 Å². The molecule has 0 spiro atoms. The fourth-order valence-corrected chi connectivity index (χ4v) is 2.07. The predicted molar refractivity (Wildman–Crippen MR) is 83.0 cm³/mol. The number of nitrogens with one attached hydrogen (secondary N) is 1. The number of benzene rings is 1. The van der Waals surface area contributed by atoms with Gasteiger partial charge in [-0.15, -0.1) is 5.10 Å². The van der Waals surface area contributed by atoms with Gasteiger partial charge in [0.05, 0.1) is 11.5 Å². The normalized spacial score (nSPS) is 10.6. The van der Waals surface area contributed by atoms with E-state index in [0.717, 1.165) is 17.1 Å². The van der Waals surface area contributed by atoms with E-state index < -0.39 is 10.8 Å². The Balaban J connectivity index is 1.59. The number of carbonyl (C=O) groups is 1. The summed E-state index contributed by atoms with van der Waals surface area (Å²) in [7, 11) is 0. The van der Waals surface area contributed by atoms with Crippen LogP contribution in [-0.4, -0.2) is 35.4 Å². The largest absolute Gasteiger partial charge is 0.307 e. The van der Waals surface area contributed by atoms with Gasteiger partial charge in [-0.05, 0) is 6.07 Å². The lowest BCUT2D eigenvalue weighted by atomic mass is 10.2. The topological polar surface area (TPSA) is 121 Å². The van der Waals surface area contributed by atoms with Crippen LogP contribution in [0.5, 0.6) is 0 Å². The summed E-state index contributed by atoms with van der Waals surface area (Å²) < 4.78 is 16.1.